The number of pyridine rings is 2. The second kappa shape index (κ2) is 8.12. The van der Waals surface area contributed by atoms with E-state index in [0.29, 0.717) is 23.4 Å². The van der Waals surface area contributed by atoms with Crippen LogP contribution in [0.5, 0.6) is 5.75 Å². The summed E-state index contributed by atoms with van der Waals surface area (Å²) in [7, 11) is 1.47. The molecular formula is C17H16F3N7O2. The van der Waals surface area contributed by atoms with E-state index in [1.165, 1.54) is 31.9 Å². The molecule has 0 bridgehead atoms. The molecule has 2 amide bonds. The Balaban J connectivity index is 1.85. The second-order valence-corrected chi connectivity index (χ2v) is 5.71. The van der Waals surface area contributed by atoms with Gasteiger partial charge in [-0.25, -0.2) is 9.78 Å². The molecule has 2 N–H and O–H groups in total. The van der Waals surface area contributed by atoms with Gasteiger partial charge in [0.15, 0.2) is 5.82 Å². The first-order valence-corrected chi connectivity index (χ1v) is 8.36. The van der Waals surface area contributed by atoms with E-state index < -0.39 is 23.6 Å². The van der Waals surface area contributed by atoms with Crippen molar-refractivity contribution < 1.29 is 22.7 Å². The van der Waals surface area contributed by atoms with Crippen molar-refractivity contribution >= 4 is 17.4 Å². The van der Waals surface area contributed by atoms with E-state index in [-0.39, 0.29) is 5.69 Å². The van der Waals surface area contributed by atoms with Gasteiger partial charge in [-0.15, -0.1) is 4.80 Å². The number of urea groups is 1. The number of carbonyl (C=O) groups is 1. The third kappa shape index (κ3) is 4.42. The van der Waals surface area contributed by atoms with Crippen molar-refractivity contribution in [3.05, 3.63) is 48.2 Å². The highest BCUT2D eigenvalue weighted by atomic mass is 19.4. The Hall–Kier alpha value is -3.70. The minimum Gasteiger partial charge on any atom is -0.495 e. The summed E-state index contributed by atoms with van der Waals surface area (Å²) in [4.78, 5) is 20.8. The number of nitrogens with one attached hydrogen (secondary N) is 2. The molecule has 3 heterocycles. The van der Waals surface area contributed by atoms with Crippen LogP contribution in [0.25, 0.3) is 5.82 Å². The number of carbonyl (C=O) groups excluding carboxylic acids is 1. The molecule has 0 radical (unpaired) electrons. The van der Waals surface area contributed by atoms with Crippen LogP contribution in [0, 0.1) is 0 Å². The van der Waals surface area contributed by atoms with Crippen LogP contribution >= 0.6 is 0 Å². The highest BCUT2D eigenvalue weighted by Gasteiger charge is 2.36. The molecule has 12 heteroatoms. The summed E-state index contributed by atoms with van der Waals surface area (Å²) in [6, 6.07) is 0.00479. The zero-order chi connectivity index (χ0) is 21.0. The minimum absolute atomic E-state index is 0.153. The summed E-state index contributed by atoms with van der Waals surface area (Å²) in [5, 5.41) is 12.2. The fourth-order valence-corrected chi connectivity index (χ4v) is 2.62. The molecule has 0 spiro atoms. The number of anilines is 2. The molecule has 0 saturated heterocycles. The molecule has 0 aromatic carbocycles. The van der Waals surface area contributed by atoms with E-state index in [4.69, 9.17) is 4.74 Å². The molecule has 9 nitrogen and oxygen atoms in total. The molecule has 152 valence electrons. The standard InChI is InChI=1S/C17H16F3N7O2/c1-3-11-13(8-21-9-14(11)29-2)26-16(28)25-10-6-12(17(18,19)20)15(22-7-10)27-23-4-5-24-27/h4-9H,3H2,1-2H3,(H2,25,26,28). The van der Waals surface area contributed by atoms with Crippen molar-refractivity contribution in [2.75, 3.05) is 17.7 Å². The van der Waals surface area contributed by atoms with Gasteiger partial charge in [-0.05, 0) is 12.5 Å². The van der Waals surface area contributed by atoms with Gasteiger partial charge in [0.1, 0.15) is 11.3 Å². The third-order valence-corrected chi connectivity index (χ3v) is 3.88. The topological polar surface area (TPSA) is 107 Å². The maximum atomic E-state index is 13.4. The average molecular weight is 407 g/mol. The molecule has 3 aromatic heterocycles. The molecule has 0 aliphatic heterocycles. The number of methoxy groups -OCH3 is 1. The van der Waals surface area contributed by atoms with Crippen LogP contribution in [0.2, 0.25) is 0 Å². The van der Waals surface area contributed by atoms with Gasteiger partial charge in [0.25, 0.3) is 0 Å². The number of hydrogen-bond acceptors (Lipinski definition) is 6. The fourth-order valence-electron chi connectivity index (χ4n) is 2.62. The zero-order valence-electron chi connectivity index (χ0n) is 15.4. The maximum absolute atomic E-state index is 13.4. The molecule has 29 heavy (non-hydrogen) atoms. The van der Waals surface area contributed by atoms with Crippen LogP contribution < -0.4 is 15.4 Å². The normalized spacial score (nSPS) is 11.2. The van der Waals surface area contributed by atoms with Gasteiger partial charge in [0, 0.05) is 5.56 Å². The molecular weight excluding hydrogens is 391 g/mol. The van der Waals surface area contributed by atoms with Crippen LogP contribution in [-0.2, 0) is 12.6 Å². The lowest BCUT2D eigenvalue weighted by Gasteiger charge is -2.15. The molecule has 3 aromatic rings. The van der Waals surface area contributed by atoms with E-state index in [1.807, 2.05) is 6.92 Å². The first-order valence-electron chi connectivity index (χ1n) is 8.36. The number of ether oxygens (including phenoxy) is 1. The SMILES string of the molecule is CCc1c(NC(=O)Nc2cnc(-n3nccn3)c(C(F)(F)F)c2)cncc1OC. The summed E-state index contributed by atoms with van der Waals surface area (Å²) in [6.45, 7) is 1.86. The van der Waals surface area contributed by atoms with E-state index in [0.717, 1.165) is 17.1 Å². The monoisotopic (exact) mass is 407 g/mol. The third-order valence-electron chi connectivity index (χ3n) is 3.88. The lowest BCUT2D eigenvalue weighted by atomic mass is 10.1. The van der Waals surface area contributed by atoms with Gasteiger partial charge >= 0.3 is 12.2 Å². The number of rotatable bonds is 5. The number of hydrogen-bond donors (Lipinski definition) is 2. The summed E-state index contributed by atoms with van der Waals surface area (Å²) in [5.41, 5.74) is -0.166. The lowest BCUT2D eigenvalue weighted by Crippen LogP contribution is -2.22. The Kier molecular flexibility index (Phi) is 5.61. The van der Waals surface area contributed by atoms with Gasteiger partial charge in [-0.3, -0.25) is 4.98 Å². The lowest BCUT2D eigenvalue weighted by molar-refractivity contribution is -0.137. The molecule has 0 atom stereocenters. The van der Waals surface area contributed by atoms with Crippen molar-refractivity contribution in [3.63, 3.8) is 0 Å². The average Bonchev–Trinajstić information content (AvgIpc) is 3.21. The second-order valence-electron chi connectivity index (χ2n) is 5.71. The minimum atomic E-state index is -4.73. The van der Waals surface area contributed by atoms with Crippen LogP contribution in [0.1, 0.15) is 18.1 Å². The first-order chi connectivity index (χ1) is 13.8. The van der Waals surface area contributed by atoms with Crippen LogP contribution in [0.15, 0.2) is 37.1 Å². The zero-order valence-corrected chi connectivity index (χ0v) is 15.4. The highest BCUT2D eigenvalue weighted by Crippen LogP contribution is 2.34. The number of halogens is 3. The Morgan fingerprint density at radius 1 is 1.17 bits per heavy atom. The van der Waals surface area contributed by atoms with Crippen molar-refractivity contribution in [1.29, 1.82) is 0 Å². The van der Waals surface area contributed by atoms with E-state index in [1.54, 1.807) is 0 Å². The fraction of sp³-hybridized carbons (Fsp3) is 0.235. The Morgan fingerprint density at radius 3 is 2.52 bits per heavy atom. The van der Waals surface area contributed by atoms with Gasteiger partial charge in [-0.1, -0.05) is 6.92 Å². The van der Waals surface area contributed by atoms with Crippen molar-refractivity contribution in [1.82, 2.24) is 25.0 Å². The molecule has 0 saturated carbocycles. The van der Waals surface area contributed by atoms with Gasteiger partial charge in [0.05, 0.1) is 49.5 Å². The van der Waals surface area contributed by atoms with Gasteiger partial charge < -0.3 is 15.4 Å². The first kappa shape index (κ1) is 20.0. The van der Waals surface area contributed by atoms with E-state index in [2.05, 4.69) is 30.8 Å². The number of alkyl halides is 3. The Morgan fingerprint density at radius 2 is 1.90 bits per heavy atom. The molecule has 0 aliphatic carbocycles. The molecule has 0 fully saturated rings. The maximum Gasteiger partial charge on any atom is 0.420 e. The van der Waals surface area contributed by atoms with Gasteiger partial charge in [-0.2, -0.15) is 23.4 Å². The highest BCUT2D eigenvalue weighted by molar-refractivity contribution is 6.00. The summed E-state index contributed by atoms with van der Waals surface area (Å²) < 4.78 is 45.5. The number of aromatic nitrogens is 5. The predicted molar refractivity (Wildman–Crippen MR) is 97.0 cm³/mol. The molecule has 0 aliphatic rings. The summed E-state index contributed by atoms with van der Waals surface area (Å²) in [5.74, 6) is -0.0128. The predicted octanol–water partition coefficient (Wildman–Crippen LogP) is 3.29. The smallest absolute Gasteiger partial charge is 0.420 e. The Labute approximate surface area is 162 Å². The quantitative estimate of drug-likeness (QED) is 0.672. The van der Waals surface area contributed by atoms with Crippen molar-refractivity contribution in [3.8, 4) is 11.6 Å². The van der Waals surface area contributed by atoms with Gasteiger partial charge in [0.2, 0.25) is 0 Å². The van der Waals surface area contributed by atoms with Crippen LogP contribution in [0.4, 0.5) is 29.3 Å². The summed E-state index contributed by atoms with van der Waals surface area (Å²) >= 11 is 0. The van der Waals surface area contributed by atoms with Crippen LogP contribution in [-0.4, -0.2) is 38.1 Å². The number of amides is 2. The van der Waals surface area contributed by atoms with E-state index >= 15 is 0 Å². The Bertz CT molecular complexity index is 1010. The summed E-state index contributed by atoms with van der Waals surface area (Å²) in [6.07, 6.45) is 2.29. The molecule has 3 rings (SSSR count). The van der Waals surface area contributed by atoms with Crippen LogP contribution in [0.3, 0.4) is 0 Å². The molecule has 0 unspecified atom stereocenters. The van der Waals surface area contributed by atoms with E-state index in [9.17, 15) is 18.0 Å². The van der Waals surface area contributed by atoms with Crippen molar-refractivity contribution in [2.45, 2.75) is 19.5 Å². The van der Waals surface area contributed by atoms with Crippen molar-refractivity contribution in [2.24, 2.45) is 0 Å². The number of nitrogens with zero attached hydrogens (tertiary/aromatic N) is 5. The largest absolute Gasteiger partial charge is 0.495 e.